The number of hydrogen-bond acceptors (Lipinski definition) is 4. The van der Waals surface area contributed by atoms with Crippen molar-refractivity contribution in [2.24, 2.45) is 0 Å². The minimum atomic E-state index is -4.61. The smallest absolute Gasteiger partial charge is 0.483 e. The molecule has 1 aliphatic heterocycles. The molecule has 0 bridgehead atoms. The third kappa shape index (κ3) is 7.00. The number of hydrogen-bond donors (Lipinski definition) is 1. The van der Waals surface area contributed by atoms with Crippen LogP contribution in [-0.4, -0.2) is 62.0 Å². The van der Waals surface area contributed by atoms with Crippen molar-refractivity contribution in [1.29, 1.82) is 0 Å². The summed E-state index contributed by atoms with van der Waals surface area (Å²) in [4.78, 5) is 24.2. The van der Waals surface area contributed by atoms with Gasteiger partial charge in [0.1, 0.15) is 0 Å². The third-order valence-electron chi connectivity index (χ3n) is 3.64. The first-order valence-corrected chi connectivity index (χ1v) is 7.57. The molecule has 0 aliphatic carbocycles. The van der Waals surface area contributed by atoms with E-state index < -0.39 is 12.5 Å². The number of nitrogens with zero attached hydrogens (tertiary/aromatic N) is 2. The highest BCUT2D eigenvalue weighted by Gasteiger charge is 2.35. The Bertz CT molecular complexity index is 571. The van der Waals surface area contributed by atoms with Gasteiger partial charge < -0.3 is 14.9 Å². The summed E-state index contributed by atoms with van der Waals surface area (Å²) in [5, 5.41) is 6.89. The lowest BCUT2D eigenvalue weighted by atomic mass is 10.1. The molecule has 0 atom stereocenters. The van der Waals surface area contributed by atoms with E-state index in [0.29, 0.717) is 5.56 Å². The van der Waals surface area contributed by atoms with Crippen molar-refractivity contribution in [3.8, 4) is 0 Å². The molecule has 0 spiro atoms. The molecule has 25 heavy (non-hydrogen) atoms. The van der Waals surface area contributed by atoms with Crippen LogP contribution in [0.4, 0.5) is 18.9 Å². The van der Waals surface area contributed by atoms with Gasteiger partial charge in [0.25, 0.3) is 12.4 Å². The monoisotopic (exact) mass is 362 g/mol. The zero-order valence-electron chi connectivity index (χ0n) is 14.0. The van der Waals surface area contributed by atoms with E-state index in [1.807, 2.05) is 25.1 Å². The molecule has 0 radical (unpaired) electrons. The predicted molar refractivity (Wildman–Crippen MR) is 85.5 cm³/mol. The van der Waals surface area contributed by atoms with Gasteiger partial charge in [0.15, 0.2) is 0 Å². The van der Waals surface area contributed by atoms with Crippen LogP contribution in [0.2, 0.25) is 0 Å². The van der Waals surface area contributed by atoms with Crippen LogP contribution in [0.15, 0.2) is 24.3 Å². The zero-order valence-corrected chi connectivity index (χ0v) is 14.0. The molecule has 140 valence electrons. The number of carboxylic acid groups (broad SMARTS) is 1. The topological polar surface area (TPSA) is 70.1 Å². The molecule has 9 heteroatoms. The fourth-order valence-corrected chi connectivity index (χ4v) is 2.47. The lowest BCUT2D eigenvalue weighted by Gasteiger charge is -2.32. The highest BCUT2D eigenvalue weighted by Crippen LogP contribution is 2.25. The average molecular weight is 362 g/mol. The van der Waals surface area contributed by atoms with Gasteiger partial charge in [-0.05, 0) is 31.0 Å². The van der Waals surface area contributed by atoms with Gasteiger partial charge in [0.05, 0.1) is 6.10 Å². The number of halogens is 3. The molecule has 1 aliphatic rings. The van der Waals surface area contributed by atoms with Crippen molar-refractivity contribution in [3.05, 3.63) is 29.8 Å². The fraction of sp³-hybridized carbons (Fsp3) is 0.500. The SMILES string of the molecule is CN(C)c1cccc(C(=O)N2CCC(OC(F)(F)F)CC2)c1.O=CO. The molecule has 1 fully saturated rings. The predicted octanol–water partition coefficient (Wildman–Crippen LogP) is 2.59. The van der Waals surface area contributed by atoms with Crippen LogP contribution in [0.25, 0.3) is 0 Å². The van der Waals surface area contributed by atoms with Gasteiger partial charge in [-0.3, -0.25) is 14.3 Å². The van der Waals surface area contributed by atoms with E-state index in [1.54, 1.807) is 23.1 Å². The van der Waals surface area contributed by atoms with Crippen LogP contribution in [-0.2, 0) is 9.53 Å². The molecule has 1 heterocycles. The van der Waals surface area contributed by atoms with E-state index in [-0.39, 0.29) is 38.3 Å². The summed E-state index contributed by atoms with van der Waals surface area (Å²) >= 11 is 0. The Morgan fingerprint density at radius 2 is 1.88 bits per heavy atom. The summed E-state index contributed by atoms with van der Waals surface area (Å²) in [6, 6.07) is 7.18. The second-order valence-corrected chi connectivity index (χ2v) is 5.61. The minimum absolute atomic E-state index is 0.158. The number of ether oxygens (including phenoxy) is 1. The van der Waals surface area contributed by atoms with E-state index in [4.69, 9.17) is 9.90 Å². The Hall–Kier alpha value is -2.29. The highest BCUT2D eigenvalue weighted by molar-refractivity contribution is 5.95. The lowest BCUT2D eigenvalue weighted by Crippen LogP contribution is -2.42. The average Bonchev–Trinajstić information content (AvgIpc) is 2.54. The number of likely N-dealkylation sites (tertiary alicyclic amines) is 1. The summed E-state index contributed by atoms with van der Waals surface area (Å²) < 4.78 is 40.5. The maximum absolute atomic E-state index is 12.4. The van der Waals surface area contributed by atoms with Gasteiger partial charge in [-0.2, -0.15) is 0 Å². The first-order chi connectivity index (χ1) is 11.7. The van der Waals surface area contributed by atoms with Crippen molar-refractivity contribution < 1.29 is 32.6 Å². The maximum atomic E-state index is 12.4. The molecule has 1 aromatic rings. The quantitative estimate of drug-likeness (QED) is 0.837. The molecule has 1 amide bonds. The number of carbonyl (C=O) groups excluding carboxylic acids is 1. The van der Waals surface area contributed by atoms with Crippen molar-refractivity contribution in [3.63, 3.8) is 0 Å². The number of alkyl halides is 3. The van der Waals surface area contributed by atoms with Crippen LogP contribution in [0.5, 0.6) is 0 Å². The maximum Gasteiger partial charge on any atom is 0.522 e. The first-order valence-electron chi connectivity index (χ1n) is 7.57. The second kappa shape index (κ2) is 9.26. The summed E-state index contributed by atoms with van der Waals surface area (Å²) in [5.74, 6) is -0.158. The van der Waals surface area contributed by atoms with E-state index in [9.17, 15) is 18.0 Å². The van der Waals surface area contributed by atoms with Crippen LogP contribution in [0.1, 0.15) is 23.2 Å². The lowest BCUT2D eigenvalue weighted by molar-refractivity contribution is -0.345. The minimum Gasteiger partial charge on any atom is -0.483 e. The zero-order chi connectivity index (χ0) is 19.0. The number of benzene rings is 1. The number of carbonyl (C=O) groups is 2. The van der Waals surface area contributed by atoms with E-state index >= 15 is 0 Å². The van der Waals surface area contributed by atoms with Crippen molar-refractivity contribution >= 4 is 18.1 Å². The van der Waals surface area contributed by atoms with Gasteiger partial charge in [-0.25, -0.2) is 0 Å². The molecular weight excluding hydrogens is 341 g/mol. The van der Waals surface area contributed by atoms with Crippen LogP contribution < -0.4 is 4.90 Å². The Kier molecular flexibility index (Phi) is 7.69. The van der Waals surface area contributed by atoms with Crippen molar-refractivity contribution in [1.82, 2.24) is 4.90 Å². The fourth-order valence-electron chi connectivity index (χ4n) is 2.47. The van der Waals surface area contributed by atoms with E-state index in [0.717, 1.165) is 5.69 Å². The molecular formula is C16H21F3N2O4. The number of piperidine rings is 1. The van der Waals surface area contributed by atoms with Crippen LogP contribution in [0.3, 0.4) is 0 Å². The van der Waals surface area contributed by atoms with Gasteiger partial charge in [-0.15, -0.1) is 13.2 Å². The summed E-state index contributed by atoms with van der Waals surface area (Å²) in [6.07, 6.45) is -5.09. The molecule has 0 aromatic heterocycles. The standard InChI is InChI=1S/C15H19F3N2O2.CH2O2/c1-19(2)12-5-3-4-11(10-12)14(21)20-8-6-13(7-9-20)22-15(16,17)18;2-1-3/h3-5,10,13H,6-9H2,1-2H3;1H,(H,2,3). The molecule has 0 unspecified atom stereocenters. The normalized spacial score (nSPS) is 15.2. The van der Waals surface area contributed by atoms with Crippen LogP contribution in [0, 0.1) is 0 Å². The Morgan fingerprint density at radius 1 is 1.32 bits per heavy atom. The molecule has 0 saturated carbocycles. The Balaban J connectivity index is 0.000000970. The first kappa shape index (κ1) is 20.8. The van der Waals surface area contributed by atoms with Gasteiger partial charge in [-0.1, -0.05) is 6.07 Å². The van der Waals surface area contributed by atoms with Crippen molar-refractivity contribution in [2.45, 2.75) is 25.3 Å². The number of rotatable bonds is 3. The summed E-state index contributed by atoms with van der Waals surface area (Å²) in [7, 11) is 3.76. The Labute approximate surface area is 143 Å². The summed E-state index contributed by atoms with van der Waals surface area (Å²) in [5.41, 5.74) is 1.45. The third-order valence-corrected chi connectivity index (χ3v) is 3.64. The molecule has 1 aromatic carbocycles. The van der Waals surface area contributed by atoms with E-state index in [2.05, 4.69) is 4.74 Å². The summed E-state index contributed by atoms with van der Waals surface area (Å²) in [6.45, 7) is 0.289. The Morgan fingerprint density at radius 3 is 2.36 bits per heavy atom. The van der Waals surface area contributed by atoms with Gasteiger partial charge in [0.2, 0.25) is 0 Å². The number of amides is 1. The van der Waals surface area contributed by atoms with Gasteiger partial charge in [0, 0.05) is 38.4 Å². The largest absolute Gasteiger partial charge is 0.522 e. The molecule has 1 saturated heterocycles. The van der Waals surface area contributed by atoms with Crippen LogP contribution >= 0.6 is 0 Å². The number of anilines is 1. The molecule has 6 nitrogen and oxygen atoms in total. The second-order valence-electron chi connectivity index (χ2n) is 5.61. The molecule has 1 N–H and O–H groups in total. The molecule has 2 rings (SSSR count). The highest BCUT2D eigenvalue weighted by atomic mass is 19.4. The van der Waals surface area contributed by atoms with Gasteiger partial charge >= 0.3 is 6.36 Å². The van der Waals surface area contributed by atoms with E-state index in [1.165, 1.54) is 0 Å². The van der Waals surface area contributed by atoms with Crippen molar-refractivity contribution in [2.75, 3.05) is 32.1 Å².